The van der Waals surface area contributed by atoms with Crippen LogP contribution in [0.15, 0.2) is 0 Å². The molecule has 0 aliphatic carbocycles. The van der Waals surface area contributed by atoms with Crippen molar-refractivity contribution in [3.63, 3.8) is 0 Å². The van der Waals surface area contributed by atoms with Crippen LogP contribution >= 0.6 is 0 Å². The fraction of sp³-hybridized carbons (Fsp3) is 0.286. The van der Waals surface area contributed by atoms with E-state index in [4.69, 9.17) is 12.2 Å². The molecule has 0 aliphatic heterocycles. The molecule has 0 aromatic carbocycles. The van der Waals surface area contributed by atoms with Crippen molar-refractivity contribution in [2.45, 2.75) is 6.92 Å². The standard InChI is InChI=1S/C7H9N3/c1-4-6-5(2)9-7(8)10(6)3/h1H,2-3H3,(H2,8,9). The predicted octanol–water partition coefficient (Wildman–Crippen LogP) is 0.292. The van der Waals surface area contributed by atoms with Gasteiger partial charge in [-0.2, -0.15) is 0 Å². The molecule has 10 heavy (non-hydrogen) atoms. The summed E-state index contributed by atoms with van der Waals surface area (Å²) in [6.07, 6.45) is 5.20. The van der Waals surface area contributed by atoms with Crippen molar-refractivity contribution in [2.75, 3.05) is 5.73 Å². The van der Waals surface area contributed by atoms with Gasteiger partial charge in [0.2, 0.25) is 5.95 Å². The fourth-order valence-corrected chi connectivity index (χ4v) is 0.858. The highest BCUT2D eigenvalue weighted by molar-refractivity contribution is 5.37. The minimum Gasteiger partial charge on any atom is -0.369 e. The molecule has 2 N–H and O–H groups in total. The summed E-state index contributed by atoms with van der Waals surface area (Å²) in [6.45, 7) is 1.84. The molecule has 1 heterocycles. The highest BCUT2D eigenvalue weighted by Gasteiger charge is 2.04. The molecular formula is C7H9N3. The first kappa shape index (κ1) is 6.69. The van der Waals surface area contributed by atoms with E-state index in [1.807, 2.05) is 6.92 Å². The van der Waals surface area contributed by atoms with Gasteiger partial charge in [0.25, 0.3) is 0 Å². The minimum atomic E-state index is 0.463. The van der Waals surface area contributed by atoms with Crippen molar-refractivity contribution in [3.8, 4) is 12.3 Å². The third-order valence-corrected chi connectivity index (χ3v) is 1.44. The average Bonchev–Trinajstić information content (AvgIpc) is 2.09. The van der Waals surface area contributed by atoms with Crippen LogP contribution < -0.4 is 5.73 Å². The Morgan fingerprint density at radius 1 is 1.70 bits per heavy atom. The van der Waals surface area contributed by atoms with Crippen LogP contribution in [0.2, 0.25) is 0 Å². The smallest absolute Gasteiger partial charge is 0.201 e. The highest BCUT2D eigenvalue weighted by atomic mass is 15.1. The van der Waals surface area contributed by atoms with Gasteiger partial charge < -0.3 is 10.3 Å². The molecule has 0 amide bonds. The summed E-state index contributed by atoms with van der Waals surface area (Å²) < 4.78 is 1.69. The van der Waals surface area contributed by atoms with Gasteiger partial charge in [-0.05, 0) is 6.92 Å². The van der Waals surface area contributed by atoms with Crippen molar-refractivity contribution in [1.82, 2.24) is 9.55 Å². The third-order valence-electron chi connectivity index (χ3n) is 1.44. The molecule has 52 valence electrons. The molecule has 3 nitrogen and oxygen atoms in total. The van der Waals surface area contributed by atoms with Gasteiger partial charge in [-0.1, -0.05) is 5.92 Å². The third kappa shape index (κ3) is 0.742. The van der Waals surface area contributed by atoms with E-state index in [9.17, 15) is 0 Å². The SMILES string of the molecule is C#Cc1c(C)nc(N)n1C. The van der Waals surface area contributed by atoms with Crippen molar-refractivity contribution in [3.05, 3.63) is 11.4 Å². The lowest BCUT2D eigenvalue weighted by molar-refractivity contribution is 0.914. The second-order valence-electron chi connectivity index (χ2n) is 2.11. The van der Waals surface area contributed by atoms with Crippen molar-refractivity contribution in [2.24, 2.45) is 7.05 Å². The Bertz CT molecular complexity index is 291. The van der Waals surface area contributed by atoms with Crippen molar-refractivity contribution >= 4 is 5.95 Å². The molecule has 0 bridgehead atoms. The van der Waals surface area contributed by atoms with Crippen LogP contribution in [0.4, 0.5) is 5.95 Å². The van der Waals surface area contributed by atoms with Crippen LogP contribution in [0.5, 0.6) is 0 Å². The highest BCUT2D eigenvalue weighted by Crippen LogP contribution is 2.08. The van der Waals surface area contributed by atoms with Gasteiger partial charge in [0.05, 0.1) is 5.69 Å². The molecule has 0 atom stereocenters. The Kier molecular flexibility index (Phi) is 1.38. The number of imidazole rings is 1. The lowest BCUT2D eigenvalue weighted by Crippen LogP contribution is -1.98. The van der Waals surface area contributed by atoms with Crippen molar-refractivity contribution in [1.29, 1.82) is 0 Å². The first-order valence-electron chi connectivity index (χ1n) is 2.92. The quantitative estimate of drug-likeness (QED) is 0.520. The molecule has 0 saturated heterocycles. The van der Waals surface area contributed by atoms with Crippen LogP contribution in [0, 0.1) is 19.3 Å². The summed E-state index contributed by atoms with van der Waals surface area (Å²) in [5, 5.41) is 0. The van der Waals surface area contributed by atoms with Crippen LogP contribution in [-0.4, -0.2) is 9.55 Å². The maximum Gasteiger partial charge on any atom is 0.201 e. The summed E-state index contributed by atoms with van der Waals surface area (Å²) in [6, 6.07) is 0. The number of rotatable bonds is 0. The Morgan fingerprint density at radius 2 is 2.30 bits per heavy atom. The lowest BCUT2D eigenvalue weighted by Gasteiger charge is -1.93. The van der Waals surface area contributed by atoms with Crippen LogP contribution in [0.1, 0.15) is 11.4 Å². The second-order valence-corrected chi connectivity index (χ2v) is 2.11. The van der Waals surface area contributed by atoms with Gasteiger partial charge >= 0.3 is 0 Å². The summed E-state index contributed by atoms with van der Waals surface area (Å²) in [7, 11) is 1.80. The number of nitrogens with two attached hydrogens (primary N) is 1. The topological polar surface area (TPSA) is 43.8 Å². The zero-order chi connectivity index (χ0) is 7.72. The van der Waals surface area contributed by atoms with Gasteiger partial charge in [-0.3, -0.25) is 0 Å². The molecule has 1 aromatic rings. The molecule has 3 heteroatoms. The zero-order valence-corrected chi connectivity index (χ0v) is 6.05. The van der Waals surface area contributed by atoms with E-state index in [1.165, 1.54) is 0 Å². The second kappa shape index (κ2) is 2.07. The van der Waals surface area contributed by atoms with E-state index < -0.39 is 0 Å². The van der Waals surface area contributed by atoms with Crippen LogP contribution in [-0.2, 0) is 7.05 Å². The fourth-order valence-electron chi connectivity index (χ4n) is 0.858. The van der Waals surface area contributed by atoms with E-state index in [2.05, 4.69) is 10.9 Å². The Labute approximate surface area is 59.9 Å². The average molecular weight is 135 g/mol. The molecule has 0 radical (unpaired) electrons. The monoisotopic (exact) mass is 135 g/mol. The normalized spacial score (nSPS) is 9.30. The summed E-state index contributed by atoms with van der Waals surface area (Å²) in [4.78, 5) is 3.98. The van der Waals surface area contributed by atoms with E-state index in [0.717, 1.165) is 11.4 Å². The minimum absolute atomic E-state index is 0.463. The van der Waals surface area contributed by atoms with Crippen LogP contribution in [0.3, 0.4) is 0 Å². The van der Waals surface area contributed by atoms with Crippen LogP contribution in [0.25, 0.3) is 0 Å². The number of nitrogens with zero attached hydrogens (tertiary/aromatic N) is 2. The van der Waals surface area contributed by atoms with Crippen molar-refractivity contribution < 1.29 is 0 Å². The number of aromatic nitrogens is 2. The first-order valence-corrected chi connectivity index (χ1v) is 2.92. The molecule has 0 spiro atoms. The lowest BCUT2D eigenvalue weighted by atomic mass is 10.3. The van der Waals surface area contributed by atoms with E-state index in [0.29, 0.717) is 5.95 Å². The van der Waals surface area contributed by atoms with Gasteiger partial charge in [0.1, 0.15) is 5.69 Å². The number of aryl methyl sites for hydroxylation is 1. The zero-order valence-electron chi connectivity index (χ0n) is 6.05. The Morgan fingerprint density at radius 3 is 2.50 bits per heavy atom. The van der Waals surface area contributed by atoms with E-state index in [-0.39, 0.29) is 0 Å². The first-order chi connectivity index (χ1) is 4.66. The molecule has 0 unspecified atom stereocenters. The summed E-state index contributed by atoms with van der Waals surface area (Å²) in [5.74, 6) is 2.97. The van der Waals surface area contributed by atoms with E-state index >= 15 is 0 Å². The van der Waals surface area contributed by atoms with Gasteiger partial charge in [-0.15, -0.1) is 6.42 Å². The Balaban J connectivity index is 3.37. The van der Waals surface area contributed by atoms with Gasteiger partial charge in [0, 0.05) is 7.05 Å². The number of hydrogen-bond acceptors (Lipinski definition) is 2. The molecule has 1 aromatic heterocycles. The molecule has 0 fully saturated rings. The molecular weight excluding hydrogens is 126 g/mol. The molecule has 0 aliphatic rings. The van der Waals surface area contributed by atoms with Gasteiger partial charge in [0.15, 0.2) is 0 Å². The largest absolute Gasteiger partial charge is 0.369 e. The number of nitrogen functional groups attached to an aromatic ring is 1. The summed E-state index contributed by atoms with van der Waals surface area (Å²) in [5.41, 5.74) is 7.03. The maximum atomic E-state index is 5.47. The maximum absolute atomic E-state index is 5.47. The Hall–Kier alpha value is -1.43. The number of anilines is 1. The number of hydrogen-bond donors (Lipinski definition) is 1. The number of terminal acetylenes is 1. The van der Waals surface area contributed by atoms with Gasteiger partial charge in [-0.25, -0.2) is 4.98 Å². The summed E-state index contributed by atoms with van der Waals surface area (Å²) >= 11 is 0. The molecule has 1 rings (SSSR count). The molecule has 0 saturated carbocycles. The predicted molar refractivity (Wildman–Crippen MR) is 40.3 cm³/mol. The van der Waals surface area contributed by atoms with E-state index in [1.54, 1.807) is 11.6 Å².